The van der Waals surface area contributed by atoms with Gasteiger partial charge in [0.05, 0.1) is 24.0 Å². The number of nitrogen functional groups attached to an aromatic ring is 1. The maximum atomic E-state index is 12.3. The number of methoxy groups -OCH3 is 1. The third kappa shape index (κ3) is 2.10. The SMILES string of the molecule is COc1ccc2c(N)nc(=O)n(-c3cccnc3C)c2c1. The average Bonchev–Trinajstić information content (AvgIpc) is 2.48. The van der Waals surface area contributed by atoms with Crippen molar-refractivity contribution in [2.24, 2.45) is 0 Å². The number of benzene rings is 1. The smallest absolute Gasteiger partial charge is 0.354 e. The summed E-state index contributed by atoms with van der Waals surface area (Å²) in [5.74, 6) is 0.846. The van der Waals surface area contributed by atoms with Crippen molar-refractivity contribution in [3.8, 4) is 11.4 Å². The van der Waals surface area contributed by atoms with E-state index in [2.05, 4.69) is 9.97 Å². The Kier molecular flexibility index (Phi) is 3.06. The molecule has 0 amide bonds. The van der Waals surface area contributed by atoms with Crippen LogP contribution in [0.25, 0.3) is 16.6 Å². The van der Waals surface area contributed by atoms with Gasteiger partial charge in [0.15, 0.2) is 0 Å². The molecule has 6 nitrogen and oxygen atoms in total. The summed E-state index contributed by atoms with van der Waals surface area (Å²) in [5, 5.41) is 0.693. The van der Waals surface area contributed by atoms with Crippen LogP contribution in [-0.2, 0) is 0 Å². The Hall–Kier alpha value is -2.89. The molecule has 3 rings (SSSR count). The summed E-state index contributed by atoms with van der Waals surface area (Å²) in [5.41, 5.74) is 7.46. The van der Waals surface area contributed by atoms with Crippen molar-refractivity contribution in [2.75, 3.05) is 12.8 Å². The van der Waals surface area contributed by atoms with Crippen LogP contribution in [-0.4, -0.2) is 21.6 Å². The first-order chi connectivity index (χ1) is 10.1. The van der Waals surface area contributed by atoms with E-state index in [-0.39, 0.29) is 5.82 Å². The molecule has 21 heavy (non-hydrogen) atoms. The highest BCUT2D eigenvalue weighted by Crippen LogP contribution is 2.25. The first-order valence-electron chi connectivity index (χ1n) is 6.40. The monoisotopic (exact) mass is 282 g/mol. The van der Waals surface area contributed by atoms with E-state index in [4.69, 9.17) is 10.5 Å². The predicted octanol–water partition coefficient (Wildman–Crippen LogP) is 1.68. The molecule has 0 atom stereocenters. The van der Waals surface area contributed by atoms with Crippen molar-refractivity contribution >= 4 is 16.7 Å². The Labute approximate surface area is 120 Å². The van der Waals surface area contributed by atoms with Crippen molar-refractivity contribution in [1.29, 1.82) is 0 Å². The van der Waals surface area contributed by atoms with Crippen LogP contribution in [0.1, 0.15) is 5.69 Å². The molecule has 6 heteroatoms. The van der Waals surface area contributed by atoms with Gasteiger partial charge in [0.1, 0.15) is 11.6 Å². The van der Waals surface area contributed by atoms with Crippen LogP contribution in [0, 0.1) is 6.92 Å². The fourth-order valence-electron chi connectivity index (χ4n) is 2.30. The first kappa shape index (κ1) is 13.1. The van der Waals surface area contributed by atoms with E-state index in [1.54, 1.807) is 37.6 Å². The van der Waals surface area contributed by atoms with Gasteiger partial charge in [-0.2, -0.15) is 4.98 Å². The zero-order valence-electron chi connectivity index (χ0n) is 11.7. The van der Waals surface area contributed by atoms with Gasteiger partial charge >= 0.3 is 5.69 Å². The van der Waals surface area contributed by atoms with Gasteiger partial charge in [-0.1, -0.05) is 0 Å². The van der Waals surface area contributed by atoms with Gasteiger partial charge in [-0.15, -0.1) is 0 Å². The number of nitrogens with zero attached hydrogens (tertiary/aromatic N) is 3. The number of anilines is 1. The van der Waals surface area contributed by atoms with Crippen LogP contribution >= 0.6 is 0 Å². The molecule has 0 aliphatic heterocycles. The van der Waals surface area contributed by atoms with Crippen LogP contribution in [0.3, 0.4) is 0 Å². The maximum absolute atomic E-state index is 12.3. The summed E-state index contributed by atoms with van der Waals surface area (Å²) in [6.45, 7) is 1.84. The third-order valence-electron chi connectivity index (χ3n) is 3.35. The van der Waals surface area contributed by atoms with Crippen LogP contribution in [0.5, 0.6) is 5.75 Å². The molecule has 0 aliphatic rings. The Balaban J connectivity index is 2.47. The van der Waals surface area contributed by atoms with Gasteiger partial charge < -0.3 is 10.5 Å². The Morgan fingerprint density at radius 1 is 1.29 bits per heavy atom. The number of nitrogens with two attached hydrogens (primary N) is 1. The zero-order valence-corrected chi connectivity index (χ0v) is 11.7. The number of rotatable bonds is 2. The average molecular weight is 282 g/mol. The van der Waals surface area contributed by atoms with Gasteiger partial charge in [0, 0.05) is 17.6 Å². The molecule has 3 aromatic rings. The summed E-state index contributed by atoms with van der Waals surface area (Å²) in [6, 6.07) is 8.93. The lowest BCUT2D eigenvalue weighted by Gasteiger charge is -2.13. The van der Waals surface area contributed by atoms with Crippen LogP contribution in [0.15, 0.2) is 41.3 Å². The molecule has 0 fully saturated rings. The summed E-state index contributed by atoms with van der Waals surface area (Å²) in [7, 11) is 1.57. The summed E-state index contributed by atoms with van der Waals surface area (Å²) < 4.78 is 6.73. The Bertz CT molecular complexity index is 886. The number of hydrogen-bond donors (Lipinski definition) is 1. The number of fused-ring (bicyclic) bond motifs is 1. The number of ether oxygens (including phenoxy) is 1. The fourth-order valence-corrected chi connectivity index (χ4v) is 2.30. The second-order valence-electron chi connectivity index (χ2n) is 4.61. The molecule has 2 N–H and O–H groups in total. The zero-order chi connectivity index (χ0) is 15.0. The topological polar surface area (TPSA) is 83.0 Å². The standard InChI is InChI=1S/C15H14N4O2/c1-9-12(4-3-7-17-9)19-13-8-10(21-2)5-6-11(13)14(16)18-15(19)20/h3-8H,1-2H3,(H2,16,18,20). The predicted molar refractivity (Wildman–Crippen MR) is 80.8 cm³/mol. The summed E-state index contributed by atoms with van der Waals surface area (Å²) >= 11 is 0. The van der Waals surface area contributed by atoms with Crippen molar-refractivity contribution in [3.05, 3.63) is 52.7 Å². The van der Waals surface area contributed by atoms with Crippen molar-refractivity contribution in [3.63, 3.8) is 0 Å². The molecule has 0 unspecified atom stereocenters. The lowest BCUT2D eigenvalue weighted by atomic mass is 10.2. The molecule has 0 saturated carbocycles. The summed E-state index contributed by atoms with van der Waals surface area (Å²) in [4.78, 5) is 20.4. The molecule has 0 saturated heterocycles. The quantitative estimate of drug-likeness (QED) is 0.773. The highest BCUT2D eigenvalue weighted by molar-refractivity contribution is 5.90. The lowest BCUT2D eigenvalue weighted by Crippen LogP contribution is -2.24. The second kappa shape index (κ2) is 4.90. The van der Waals surface area contributed by atoms with E-state index in [0.717, 1.165) is 5.69 Å². The van der Waals surface area contributed by atoms with Crippen molar-refractivity contribution in [1.82, 2.24) is 14.5 Å². The largest absolute Gasteiger partial charge is 0.497 e. The maximum Gasteiger partial charge on any atom is 0.354 e. The second-order valence-corrected chi connectivity index (χ2v) is 4.61. The van der Waals surface area contributed by atoms with Gasteiger partial charge in [-0.25, -0.2) is 4.79 Å². The number of hydrogen-bond acceptors (Lipinski definition) is 5. The Morgan fingerprint density at radius 3 is 2.81 bits per heavy atom. The van der Waals surface area contributed by atoms with Gasteiger partial charge in [0.2, 0.25) is 0 Å². The molecule has 0 aliphatic carbocycles. The molecule has 2 aromatic heterocycles. The van der Waals surface area contributed by atoms with Crippen LogP contribution in [0.2, 0.25) is 0 Å². The van der Waals surface area contributed by atoms with E-state index >= 15 is 0 Å². The van der Waals surface area contributed by atoms with Crippen LogP contribution < -0.4 is 16.2 Å². The molecule has 0 bridgehead atoms. The first-order valence-corrected chi connectivity index (χ1v) is 6.40. The summed E-state index contributed by atoms with van der Waals surface area (Å²) in [6.07, 6.45) is 1.68. The number of aromatic nitrogens is 3. The van der Waals surface area contributed by atoms with E-state index in [1.807, 2.05) is 13.0 Å². The number of pyridine rings is 1. The number of aryl methyl sites for hydroxylation is 1. The lowest BCUT2D eigenvalue weighted by molar-refractivity contribution is 0.415. The molecule has 1 aromatic carbocycles. The van der Waals surface area contributed by atoms with E-state index in [9.17, 15) is 4.79 Å². The molecule has 2 heterocycles. The molecule has 0 spiro atoms. The highest BCUT2D eigenvalue weighted by atomic mass is 16.5. The van der Waals surface area contributed by atoms with E-state index in [0.29, 0.717) is 22.3 Å². The highest BCUT2D eigenvalue weighted by Gasteiger charge is 2.13. The van der Waals surface area contributed by atoms with Gasteiger partial charge in [-0.05, 0) is 31.2 Å². The minimum atomic E-state index is -0.440. The van der Waals surface area contributed by atoms with Crippen molar-refractivity contribution in [2.45, 2.75) is 6.92 Å². The van der Waals surface area contributed by atoms with Gasteiger partial charge in [0.25, 0.3) is 0 Å². The minimum Gasteiger partial charge on any atom is -0.497 e. The normalized spacial score (nSPS) is 10.8. The van der Waals surface area contributed by atoms with Crippen LogP contribution in [0.4, 0.5) is 5.82 Å². The molecular weight excluding hydrogens is 268 g/mol. The third-order valence-corrected chi connectivity index (χ3v) is 3.35. The molecular formula is C15H14N4O2. The molecule has 0 radical (unpaired) electrons. The Morgan fingerprint density at radius 2 is 2.10 bits per heavy atom. The van der Waals surface area contributed by atoms with E-state index in [1.165, 1.54) is 4.57 Å². The molecule has 106 valence electrons. The fraction of sp³-hybridized carbons (Fsp3) is 0.133. The van der Waals surface area contributed by atoms with Gasteiger partial charge in [-0.3, -0.25) is 9.55 Å². The van der Waals surface area contributed by atoms with Crippen molar-refractivity contribution < 1.29 is 4.74 Å². The van der Waals surface area contributed by atoms with E-state index < -0.39 is 5.69 Å². The minimum absolute atomic E-state index is 0.204.